The Labute approximate surface area is 169 Å². The van der Waals surface area contributed by atoms with Gasteiger partial charge in [0.1, 0.15) is 4.83 Å². The number of carbonyl (C=O) groups is 1. The molecule has 1 aliphatic heterocycles. The van der Waals surface area contributed by atoms with E-state index < -0.39 is 0 Å². The Hall–Kier alpha value is -2.47. The minimum atomic E-state index is -0.00842. The molecule has 0 unspecified atom stereocenters. The van der Waals surface area contributed by atoms with Gasteiger partial charge in [-0.3, -0.25) is 9.78 Å². The maximum Gasteiger partial charge on any atom is 0.261 e. The lowest BCUT2D eigenvalue weighted by atomic mass is 9.91. The average Bonchev–Trinajstić information content (AvgIpc) is 3.05. The van der Waals surface area contributed by atoms with E-state index in [4.69, 9.17) is 0 Å². The van der Waals surface area contributed by atoms with Gasteiger partial charge in [0.2, 0.25) is 0 Å². The van der Waals surface area contributed by atoms with Crippen LogP contribution in [0.1, 0.15) is 47.3 Å². The first-order chi connectivity index (χ1) is 13.2. The minimum Gasteiger partial charge on any atom is -0.366 e. The summed E-state index contributed by atoms with van der Waals surface area (Å²) in [6.45, 7) is 12.2. The second kappa shape index (κ2) is 6.85. The predicted molar refractivity (Wildman–Crippen MR) is 115 cm³/mol. The fraction of sp³-hybridized carbons (Fsp3) is 0.409. The summed E-state index contributed by atoms with van der Waals surface area (Å²) in [6.07, 6.45) is 3.81. The van der Waals surface area contributed by atoms with Gasteiger partial charge in [0, 0.05) is 35.8 Å². The first-order valence-corrected chi connectivity index (χ1v) is 10.4. The molecular weight excluding hydrogens is 368 g/mol. The Kier molecular flexibility index (Phi) is 4.62. The number of hydrogen-bond acceptors (Lipinski definition) is 5. The van der Waals surface area contributed by atoms with Crippen molar-refractivity contribution >= 4 is 33.1 Å². The highest BCUT2D eigenvalue weighted by Crippen LogP contribution is 2.29. The van der Waals surface area contributed by atoms with E-state index in [1.54, 1.807) is 0 Å². The van der Waals surface area contributed by atoms with Gasteiger partial charge in [0.25, 0.3) is 5.91 Å². The van der Waals surface area contributed by atoms with E-state index in [-0.39, 0.29) is 17.4 Å². The highest BCUT2D eigenvalue weighted by molar-refractivity contribution is 7.20. The van der Waals surface area contributed by atoms with Crippen LogP contribution >= 0.6 is 11.3 Å². The summed E-state index contributed by atoms with van der Waals surface area (Å²) in [4.78, 5) is 25.6. The smallest absolute Gasteiger partial charge is 0.261 e. The molecule has 1 aliphatic rings. The van der Waals surface area contributed by atoms with Gasteiger partial charge in [-0.25, -0.2) is 4.98 Å². The van der Waals surface area contributed by atoms with Crippen LogP contribution in [0, 0.1) is 13.8 Å². The van der Waals surface area contributed by atoms with Crippen molar-refractivity contribution in [3.05, 3.63) is 52.3 Å². The monoisotopic (exact) mass is 394 g/mol. The molecule has 0 radical (unpaired) electrons. The van der Waals surface area contributed by atoms with Crippen LogP contribution in [0.25, 0.3) is 10.2 Å². The third-order valence-corrected chi connectivity index (χ3v) is 6.45. The number of thiophene rings is 1. The summed E-state index contributed by atoms with van der Waals surface area (Å²) < 4.78 is 0. The molecule has 146 valence electrons. The number of aromatic nitrogens is 2. The third kappa shape index (κ3) is 3.49. The van der Waals surface area contributed by atoms with E-state index in [0.717, 1.165) is 45.1 Å². The van der Waals surface area contributed by atoms with Crippen LogP contribution in [0.4, 0.5) is 5.69 Å². The van der Waals surface area contributed by atoms with E-state index in [1.807, 2.05) is 25.4 Å². The van der Waals surface area contributed by atoms with Gasteiger partial charge in [-0.15, -0.1) is 11.3 Å². The first-order valence-electron chi connectivity index (χ1n) is 9.60. The van der Waals surface area contributed by atoms with Crippen molar-refractivity contribution in [2.24, 2.45) is 0 Å². The number of nitrogens with zero attached hydrogens (tertiary/aromatic N) is 3. The number of rotatable bonds is 3. The molecule has 4 heterocycles. The van der Waals surface area contributed by atoms with Gasteiger partial charge < -0.3 is 10.2 Å². The molecule has 1 saturated heterocycles. The van der Waals surface area contributed by atoms with Gasteiger partial charge >= 0.3 is 0 Å². The maximum atomic E-state index is 12.7. The third-order valence-electron chi connectivity index (χ3n) is 5.41. The van der Waals surface area contributed by atoms with Gasteiger partial charge in [0.15, 0.2) is 0 Å². The van der Waals surface area contributed by atoms with Crippen LogP contribution in [0.15, 0.2) is 30.6 Å². The summed E-state index contributed by atoms with van der Waals surface area (Å²) >= 11 is 1.46. The molecule has 6 heteroatoms. The molecule has 1 amide bonds. The first kappa shape index (κ1) is 18.9. The van der Waals surface area contributed by atoms with Crippen molar-refractivity contribution in [3.63, 3.8) is 0 Å². The summed E-state index contributed by atoms with van der Waals surface area (Å²) in [5.41, 5.74) is 4.60. The topological polar surface area (TPSA) is 58.1 Å². The molecule has 3 aromatic heterocycles. The number of nitrogens with one attached hydrogen (secondary N) is 1. The standard InChI is InChI=1S/C22H26N4OS/c1-13-9-24-21-17(14(13)2)8-18(28-21)20(27)25-15-11-26(12-15)16-6-7-19(23-10-16)22(3,4)5/h6-10,15H,11-12H2,1-5H3,(H,25,27). The molecule has 3 aromatic rings. The largest absolute Gasteiger partial charge is 0.366 e. The second-order valence-electron chi connectivity index (χ2n) is 8.62. The molecule has 0 saturated carbocycles. The van der Waals surface area contributed by atoms with Crippen LogP contribution in [0.5, 0.6) is 0 Å². The normalized spacial score (nSPS) is 15.0. The minimum absolute atomic E-state index is 0.00842. The molecule has 28 heavy (non-hydrogen) atoms. The number of carbonyl (C=O) groups excluding carboxylic acids is 1. The van der Waals surface area contributed by atoms with E-state index in [1.165, 1.54) is 16.9 Å². The molecule has 4 rings (SSSR count). The number of hydrogen-bond donors (Lipinski definition) is 1. The number of amides is 1. The lowest BCUT2D eigenvalue weighted by Gasteiger charge is -2.41. The molecule has 5 nitrogen and oxygen atoms in total. The van der Waals surface area contributed by atoms with E-state index >= 15 is 0 Å². The molecule has 1 N–H and O–H groups in total. The lowest BCUT2D eigenvalue weighted by Crippen LogP contribution is -2.59. The second-order valence-corrected chi connectivity index (χ2v) is 9.65. The summed E-state index contributed by atoms with van der Waals surface area (Å²) in [5, 5.41) is 4.22. The van der Waals surface area contributed by atoms with Crippen LogP contribution in [-0.4, -0.2) is 35.0 Å². The Morgan fingerprint density at radius 2 is 1.93 bits per heavy atom. The van der Waals surface area contributed by atoms with Crippen molar-refractivity contribution in [1.82, 2.24) is 15.3 Å². The predicted octanol–water partition coefficient (Wildman–Crippen LogP) is 4.22. The molecule has 0 bridgehead atoms. The number of anilines is 1. The Bertz CT molecular complexity index is 1030. The fourth-order valence-electron chi connectivity index (χ4n) is 3.38. The molecule has 0 spiro atoms. The van der Waals surface area contributed by atoms with Crippen molar-refractivity contribution in [1.29, 1.82) is 0 Å². The average molecular weight is 395 g/mol. The van der Waals surface area contributed by atoms with Gasteiger partial charge in [-0.2, -0.15) is 0 Å². The number of pyridine rings is 2. The summed E-state index contributed by atoms with van der Waals surface area (Å²) in [7, 11) is 0. The van der Waals surface area contributed by atoms with E-state index in [2.05, 4.69) is 60.0 Å². The van der Waals surface area contributed by atoms with Crippen LogP contribution in [0.2, 0.25) is 0 Å². The van der Waals surface area contributed by atoms with Crippen molar-refractivity contribution in [3.8, 4) is 0 Å². The van der Waals surface area contributed by atoms with Crippen LogP contribution < -0.4 is 10.2 Å². The van der Waals surface area contributed by atoms with Crippen LogP contribution in [0.3, 0.4) is 0 Å². The van der Waals surface area contributed by atoms with Crippen molar-refractivity contribution in [2.75, 3.05) is 18.0 Å². The number of fused-ring (bicyclic) bond motifs is 1. The summed E-state index contributed by atoms with van der Waals surface area (Å²) in [5.74, 6) is -0.00842. The van der Waals surface area contributed by atoms with E-state index in [0.29, 0.717) is 0 Å². The zero-order valence-electron chi connectivity index (χ0n) is 17.0. The van der Waals surface area contributed by atoms with Gasteiger partial charge in [-0.05, 0) is 43.2 Å². The lowest BCUT2D eigenvalue weighted by molar-refractivity contribution is 0.0934. The molecule has 0 aromatic carbocycles. The van der Waals surface area contributed by atoms with Crippen molar-refractivity contribution < 1.29 is 4.79 Å². The molecule has 1 fully saturated rings. The quantitative estimate of drug-likeness (QED) is 0.722. The SMILES string of the molecule is Cc1cnc2sc(C(=O)NC3CN(c4ccc(C(C)(C)C)nc4)C3)cc2c1C. The van der Waals surface area contributed by atoms with Crippen molar-refractivity contribution in [2.45, 2.75) is 46.1 Å². The maximum absolute atomic E-state index is 12.7. The molecule has 0 aliphatic carbocycles. The molecule has 0 atom stereocenters. The van der Waals surface area contributed by atoms with Gasteiger partial charge in [0.05, 0.1) is 22.8 Å². The highest BCUT2D eigenvalue weighted by atomic mass is 32.1. The van der Waals surface area contributed by atoms with Crippen LogP contribution in [-0.2, 0) is 5.41 Å². The fourth-order valence-corrected chi connectivity index (χ4v) is 4.34. The Morgan fingerprint density at radius 3 is 2.57 bits per heavy atom. The zero-order valence-corrected chi connectivity index (χ0v) is 17.9. The van der Waals surface area contributed by atoms with E-state index in [9.17, 15) is 4.79 Å². The number of aryl methyl sites for hydroxylation is 2. The zero-order chi connectivity index (χ0) is 20.1. The summed E-state index contributed by atoms with van der Waals surface area (Å²) in [6, 6.07) is 6.34. The Morgan fingerprint density at radius 1 is 1.18 bits per heavy atom. The van der Waals surface area contributed by atoms with Gasteiger partial charge in [-0.1, -0.05) is 20.8 Å². The Balaban J connectivity index is 1.38. The molecular formula is C22H26N4OS. The highest BCUT2D eigenvalue weighted by Gasteiger charge is 2.29.